The van der Waals surface area contributed by atoms with Crippen LogP contribution in [-0.4, -0.2) is 60.4 Å². The normalized spacial score (nSPS) is 30.4. The van der Waals surface area contributed by atoms with Crippen molar-refractivity contribution in [3.05, 3.63) is 0 Å². The smallest absolute Gasteiger partial charge is 0.245 e. The molecule has 2 atom stereocenters. The van der Waals surface area contributed by atoms with Gasteiger partial charge in [-0.15, -0.1) is 0 Å². The van der Waals surface area contributed by atoms with Gasteiger partial charge in [-0.1, -0.05) is 20.3 Å². The fourth-order valence-electron chi connectivity index (χ4n) is 3.31. The van der Waals surface area contributed by atoms with E-state index in [1.807, 2.05) is 18.7 Å². The molecule has 0 bridgehead atoms. The number of nitrogens with one attached hydrogen (secondary N) is 1. The minimum absolute atomic E-state index is 0.00965. The lowest BCUT2D eigenvalue weighted by Crippen LogP contribution is -2.64. The summed E-state index contributed by atoms with van der Waals surface area (Å²) in [6.45, 7) is 8.97. The molecule has 1 N–H and O–H groups in total. The highest BCUT2D eigenvalue weighted by Gasteiger charge is 2.41. The summed E-state index contributed by atoms with van der Waals surface area (Å²) in [5.74, 6) is 0.0914. The fourth-order valence-corrected chi connectivity index (χ4v) is 3.31. The van der Waals surface area contributed by atoms with Gasteiger partial charge in [0.2, 0.25) is 11.8 Å². The van der Waals surface area contributed by atoms with E-state index in [2.05, 4.69) is 24.2 Å². The first-order valence-electron chi connectivity index (χ1n) is 8.16. The zero-order chi connectivity index (χ0) is 15.6. The molecule has 5 heteroatoms. The van der Waals surface area contributed by atoms with Crippen molar-refractivity contribution in [2.45, 2.75) is 58.5 Å². The molecule has 2 heterocycles. The average Bonchev–Trinajstić information content (AvgIpc) is 2.45. The number of likely N-dealkylation sites (tertiary alicyclic amines) is 1. The number of hydrogen-bond acceptors (Lipinski definition) is 3. The number of rotatable bonds is 4. The molecular formula is C16H29N3O2. The first-order valence-corrected chi connectivity index (χ1v) is 8.16. The fraction of sp³-hybridized carbons (Fsp3) is 0.875. The molecule has 0 radical (unpaired) electrons. The van der Waals surface area contributed by atoms with Gasteiger partial charge < -0.3 is 15.1 Å². The Morgan fingerprint density at radius 1 is 1.29 bits per heavy atom. The van der Waals surface area contributed by atoms with E-state index in [1.165, 1.54) is 0 Å². The molecule has 2 aliphatic heterocycles. The number of amides is 2. The summed E-state index contributed by atoms with van der Waals surface area (Å²) in [6, 6.07) is -0.671. The van der Waals surface area contributed by atoms with Crippen molar-refractivity contribution in [3.8, 4) is 0 Å². The van der Waals surface area contributed by atoms with Gasteiger partial charge >= 0.3 is 0 Å². The number of nitrogens with zero attached hydrogens (tertiary/aromatic N) is 2. The van der Waals surface area contributed by atoms with Gasteiger partial charge in [0.25, 0.3) is 0 Å². The molecule has 0 saturated carbocycles. The van der Waals surface area contributed by atoms with Crippen molar-refractivity contribution in [1.29, 1.82) is 0 Å². The van der Waals surface area contributed by atoms with Crippen LogP contribution in [0.5, 0.6) is 0 Å². The maximum Gasteiger partial charge on any atom is 0.245 e. The summed E-state index contributed by atoms with van der Waals surface area (Å²) < 4.78 is 0. The molecule has 5 nitrogen and oxygen atoms in total. The first kappa shape index (κ1) is 16.3. The zero-order valence-electron chi connectivity index (χ0n) is 13.8. The SMILES string of the molecule is CCCC1NC(=O)C(C)N(CC2(C)CCN(C)CC2)C1=O. The van der Waals surface area contributed by atoms with Crippen molar-refractivity contribution in [2.75, 3.05) is 26.7 Å². The summed E-state index contributed by atoms with van der Waals surface area (Å²) in [4.78, 5) is 28.9. The highest BCUT2D eigenvalue weighted by atomic mass is 16.2. The van der Waals surface area contributed by atoms with Crippen LogP contribution < -0.4 is 5.32 Å². The zero-order valence-corrected chi connectivity index (χ0v) is 13.8. The van der Waals surface area contributed by atoms with Gasteiger partial charge in [0.05, 0.1) is 0 Å². The van der Waals surface area contributed by atoms with E-state index in [4.69, 9.17) is 0 Å². The topological polar surface area (TPSA) is 52.7 Å². The van der Waals surface area contributed by atoms with Crippen LogP contribution in [0.2, 0.25) is 0 Å². The lowest BCUT2D eigenvalue weighted by atomic mass is 9.79. The second kappa shape index (κ2) is 6.34. The highest BCUT2D eigenvalue weighted by Crippen LogP contribution is 2.32. The Bertz CT molecular complexity index is 402. The van der Waals surface area contributed by atoms with Crippen LogP contribution >= 0.6 is 0 Å². The van der Waals surface area contributed by atoms with Crippen LogP contribution in [-0.2, 0) is 9.59 Å². The van der Waals surface area contributed by atoms with E-state index < -0.39 is 0 Å². The molecule has 2 fully saturated rings. The first-order chi connectivity index (χ1) is 9.86. The van der Waals surface area contributed by atoms with Gasteiger partial charge in [-0.3, -0.25) is 9.59 Å². The van der Waals surface area contributed by atoms with E-state index in [-0.39, 0.29) is 29.3 Å². The van der Waals surface area contributed by atoms with E-state index in [0.717, 1.165) is 38.8 Å². The molecule has 0 aromatic rings. The van der Waals surface area contributed by atoms with Gasteiger partial charge in [-0.2, -0.15) is 0 Å². The third-order valence-corrected chi connectivity index (χ3v) is 5.07. The Hall–Kier alpha value is -1.10. The quantitative estimate of drug-likeness (QED) is 0.849. The van der Waals surface area contributed by atoms with E-state index in [9.17, 15) is 9.59 Å². The Balaban J connectivity index is 2.08. The number of piperazine rings is 1. The Kier molecular flexibility index (Phi) is 4.91. The van der Waals surface area contributed by atoms with Crippen LogP contribution in [0.1, 0.15) is 46.5 Å². The molecule has 2 unspecified atom stereocenters. The van der Waals surface area contributed by atoms with Crippen LogP contribution in [0.15, 0.2) is 0 Å². The average molecular weight is 295 g/mol. The molecule has 120 valence electrons. The van der Waals surface area contributed by atoms with Crippen molar-refractivity contribution in [1.82, 2.24) is 15.1 Å². The molecule has 0 aromatic carbocycles. The summed E-state index contributed by atoms with van der Waals surface area (Å²) in [6.07, 6.45) is 3.80. The monoisotopic (exact) mass is 295 g/mol. The molecular weight excluding hydrogens is 266 g/mol. The molecule has 0 spiro atoms. The number of carbonyl (C=O) groups excluding carboxylic acids is 2. The maximum atomic E-state index is 12.7. The standard InChI is InChI=1S/C16H29N3O2/c1-5-6-13-15(21)19(12(2)14(20)17-13)11-16(3)7-9-18(4)10-8-16/h12-13H,5-11H2,1-4H3,(H,17,20). The highest BCUT2D eigenvalue weighted by molar-refractivity contribution is 5.96. The van der Waals surface area contributed by atoms with Crippen LogP contribution in [0, 0.1) is 5.41 Å². The lowest BCUT2D eigenvalue weighted by Gasteiger charge is -2.45. The Morgan fingerprint density at radius 2 is 1.90 bits per heavy atom. The molecule has 2 rings (SSSR count). The number of piperidine rings is 1. The molecule has 21 heavy (non-hydrogen) atoms. The maximum absolute atomic E-state index is 12.7. The van der Waals surface area contributed by atoms with Crippen molar-refractivity contribution in [3.63, 3.8) is 0 Å². The third kappa shape index (κ3) is 3.57. The van der Waals surface area contributed by atoms with Crippen molar-refractivity contribution < 1.29 is 9.59 Å². The number of carbonyl (C=O) groups is 2. The minimum Gasteiger partial charge on any atom is -0.343 e. The minimum atomic E-state index is -0.345. The van der Waals surface area contributed by atoms with Gasteiger partial charge in [0, 0.05) is 6.54 Å². The predicted molar refractivity (Wildman–Crippen MR) is 82.9 cm³/mol. The van der Waals surface area contributed by atoms with E-state index >= 15 is 0 Å². The molecule has 0 aliphatic carbocycles. The van der Waals surface area contributed by atoms with Gasteiger partial charge in [-0.05, 0) is 51.7 Å². The van der Waals surface area contributed by atoms with Crippen molar-refractivity contribution in [2.24, 2.45) is 5.41 Å². The van der Waals surface area contributed by atoms with Gasteiger partial charge in [0.1, 0.15) is 12.1 Å². The second-order valence-corrected chi connectivity index (χ2v) is 7.11. The number of hydrogen-bond donors (Lipinski definition) is 1. The lowest BCUT2D eigenvalue weighted by molar-refractivity contribution is -0.151. The van der Waals surface area contributed by atoms with Crippen molar-refractivity contribution >= 4 is 11.8 Å². The Morgan fingerprint density at radius 3 is 2.48 bits per heavy atom. The van der Waals surface area contributed by atoms with E-state index in [0.29, 0.717) is 6.54 Å². The van der Waals surface area contributed by atoms with Gasteiger partial charge in [0.15, 0.2) is 0 Å². The second-order valence-electron chi connectivity index (χ2n) is 7.11. The molecule has 0 aromatic heterocycles. The van der Waals surface area contributed by atoms with Crippen LogP contribution in [0.25, 0.3) is 0 Å². The predicted octanol–water partition coefficient (Wildman–Crippen LogP) is 1.23. The van der Waals surface area contributed by atoms with Crippen LogP contribution in [0.4, 0.5) is 0 Å². The summed E-state index contributed by atoms with van der Waals surface area (Å²) in [5.41, 5.74) is 0.130. The summed E-state index contributed by atoms with van der Waals surface area (Å²) in [5, 5.41) is 2.87. The molecule has 2 amide bonds. The van der Waals surface area contributed by atoms with Crippen LogP contribution in [0.3, 0.4) is 0 Å². The summed E-state index contributed by atoms with van der Waals surface area (Å²) in [7, 11) is 2.14. The summed E-state index contributed by atoms with van der Waals surface area (Å²) >= 11 is 0. The van der Waals surface area contributed by atoms with Gasteiger partial charge in [-0.25, -0.2) is 0 Å². The third-order valence-electron chi connectivity index (χ3n) is 5.07. The van der Waals surface area contributed by atoms with E-state index in [1.54, 1.807) is 0 Å². The molecule has 2 aliphatic rings. The Labute approximate surface area is 128 Å². The largest absolute Gasteiger partial charge is 0.343 e. The molecule has 2 saturated heterocycles.